The highest BCUT2D eigenvalue weighted by atomic mass is 15.1. The molecule has 9 rings (SSSR count). The molecular formula is C46H32N4. The maximum atomic E-state index is 5.11. The minimum absolute atomic E-state index is 0.691. The molecule has 0 saturated heterocycles. The van der Waals surface area contributed by atoms with Crippen molar-refractivity contribution in [3.8, 4) is 39.6 Å². The minimum Gasteiger partial charge on any atom is -0.310 e. The second kappa shape index (κ2) is 12.7. The summed E-state index contributed by atoms with van der Waals surface area (Å²) in [5.41, 5.74) is 11.5. The number of aromatic nitrogens is 3. The van der Waals surface area contributed by atoms with Crippen molar-refractivity contribution in [2.24, 2.45) is 0 Å². The molecule has 7 aromatic carbocycles. The number of para-hydroxylation sites is 3. The fourth-order valence-corrected chi connectivity index (χ4v) is 6.85. The van der Waals surface area contributed by atoms with E-state index in [1.807, 2.05) is 36.4 Å². The molecule has 0 spiro atoms. The third kappa shape index (κ3) is 5.39. The lowest BCUT2D eigenvalue weighted by molar-refractivity contribution is 1.16. The van der Waals surface area contributed by atoms with E-state index in [0.29, 0.717) is 5.82 Å². The van der Waals surface area contributed by atoms with Gasteiger partial charge >= 0.3 is 0 Å². The third-order valence-electron chi connectivity index (χ3n) is 9.17. The van der Waals surface area contributed by atoms with Crippen molar-refractivity contribution in [1.29, 1.82) is 0 Å². The van der Waals surface area contributed by atoms with Crippen LogP contribution in [0, 0.1) is 0 Å². The highest BCUT2D eigenvalue weighted by Crippen LogP contribution is 2.40. The summed E-state index contributed by atoms with van der Waals surface area (Å²) in [4.78, 5) is 12.5. The average Bonchev–Trinajstić information content (AvgIpc) is 3.53. The van der Waals surface area contributed by atoms with Gasteiger partial charge in [0.15, 0.2) is 5.82 Å². The van der Waals surface area contributed by atoms with Gasteiger partial charge in [0.05, 0.1) is 22.4 Å². The fraction of sp³-hybridized carbons (Fsp3) is 0. The van der Waals surface area contributed by atoms with Gasteiger partial charge in [0.25, 0.3) is 0 Å². The molecule has 0 unspecified atom stereocenters. The Morgan fingerprint density at radius 1 is 0.360 bits per heavy atom. The molecule has 0 bridgehead atoms. The molecule has 0 aliphatic rings. The first kappa shape index (κ1) is 29.4. The SMILES string of the molecule is c1ccc(-c2cc(-c3ccccc3)nc(-c3cccc(-n4c5ccccc5c5cc(N(c6ccccc6)c6ccccc6)ccc54)c3)n2)cc1. The van der Waals surface area contributed by atoms with Crippen LogP contribution in [0.5, 0.6) is 0 Å². The van der Waals surface area contributed by atoms with Gasteiger partial charge in [0.1, 0.15) is 0 Å². The first-order chi connectivity index (χ1) is 24.8. The predicted molar refractivity (Wildman–Crippen MR) is 207 cm³/mol. The van der Waals surface area contributed by atoms with Gasteiger partial charge in [-0.05, 0) is 66.7 Å². The fourth-order valence-electron chi connectivity index (χ4n) is 6.85. The van der Waals surface area contributed by atoms with E-state index in [2.05, 4.69) is 167 Å². The van der Waals surface area contributed by atoms with Gasteiger partial charge in [-0.15, -0.1) is 0 Å². The molecule has 2 heterocycles. The first-order valence-corrected chi connectivity index (χ1v) is 16.8. The van der Waals surface area contributed by atoms with Crippen LogP contribution in [0.4, 0.5) is 17.1 Å². The molecule has 9 aromatic rings. The molecule has 0 amide bonds. The number of hydrogen-bond donors (Lipinski definition) is 0. The number of anilines is 3. The Bertz CT molecular complexity index is 2480. The van der Waals surface area contributed by atoms with Crippen LogP contribution in [0.25, 0.3) is 61.4 Å². The van der Waals surface area contributed by atoms with Crippen LogP contribution in [0.1, 0.15) is 0 Å². The molecule has 0 atom stereocenters. The van der Waals surface area contributed by atoms with Gasteiger partial charge in [0.2, 0.25) is 0 Å². The average molecular weight is 641 g/mol. The highest BCUT2D eigenvalue weighted by Gasteiger charge is 2.18. The van der Waals surface area contributed by atoms with Gasteiger partial charge in [-0.3, -0.25) is 0 Å². The third-order valence-corrected chi connectivity index (χ3v) is 9.17. The smallest absolute Gasteiger partial charge is 0.160 e. The van der Waals surface area contributed by atoms with Gasteiger partial charge in [-0.2, -0.15) is 0 Å². The van der Waals surface area contributed by atoms with Crippen molar-refractivity contribution < 1.29 is 0 Å². The Morgan fingerprint density at radius 3 is 1.50 bits per heavy atom. The molecule has 0 radical (unpaired) electrons. The number of benzene rings is 7. The van der Waals surface area contributed by atoms with Crippen molar-refractivity contribution in [2.45, 2.75) is 0 Å². The Morgan fingerprint density at radius 2 is 0.880 bits per heavy atom. The summed E-state index contributed by atoms with van der Waals surface area (Å²) in [6, 6.07) is 67.8. The van der Waals surface area contributed by atoms with Crippen LogP contribution in [-0.4, -0.2) is 14.5 Å². The lowest BCUT2D eigenvalue weighted by Crippen LogP contribution is -2.09. The summed E-state index contributed by atoms with van der Waals surface area (Å²) in [7, 11) is 0. The maximum Gasteiger partial charge on any atom is 0.160 e. The number of nitrogens with zero attached hydrogens (tertiary/aromatic N) is 4. The highest BCUT2D eigenvalue weighted by molar-refractivity contribution is 6.10. The van der Waals surface area contributed by atoms with E-state index >= 15 is 0 Å². The second-order valence-corrected chi connectivity index (χ2v) is 12.3. The topological polar surface area (TPSA) is 34.0 Å². The summed E-state index contributed by atoms with van der Waals surface area (Å²) in [5, 5.41) is 2.39. The maximum absolute atomic E-state index is 5.11. The minimum atomic E-state index is 0.691. The summed E-state index contributed by atoms with van der Waals surface area (Å²) >= 11 is 0. The Hall–Kier alpha value is -6.78. The zero-order valence-corrected chi connectivity index (χ0v) is 27.3. The van der Waals surface area contributed by atoms with Crippen molar-refractivity contribution in [3.05, 3.63) is 194 Å². The first-order valence-electron chi connectivity index (χ1n) is 16.8. The Kier molecular flexibility index (Phi) is 7.45. The van der Waals surface area contributed by atoms with E-state index in [-0.39, 0.29) is 0 Å². The summed E-state index contributed by atoms with van der Waals surface area (Å²) in [6.45, 7) is 0. The standard InChI is InChI=1S/C46H32N4/c1-5-16-33(17-6-1)42-32-43(34-18-7-2-8-19-34)48-46(47-42)35-20-15-25-38(30-35)50-44-27-14-13-26-40(44)41-31-39(28-29-45(41)50)49(36-21-9-3-10-22-36)37-23-11-4-12-24-37/h1-32H. The normalized spacial score (nSPS) is 11.2. The quantitative estimate of drug-likeness (QED) is 0.174. The van der Waals surface area contributed by atoms with Gasteiger partial charge in [-0.1, -0.05) is 127 Å². The van der Waals surface area contributed by atoms with Gasteiger partial charge in [0, 0.05) is 50.2 Å². The van der Waals surface area contributed by atoms with E-state index in [0.717, 1.165) is 61.9 Å². The van der Waals surface area contributed by atoms with E-state index in [4.69, 9.17) is 9.97 Å². The zero-order valence-electron chi connectivity index (χ0n) is 27.3. The van der Waals surface area contributed by atoms with Gasteiger partial charge in [-0.25, -0.2) is 9.97 Å². The van der Waals surface area contributed by atoms with E-state index in [1.54, 1.807) is 0 Å². The van der Waals surface area contributed by atoms with Gasteiger partial charge < -0.3 is 9.47 Å². The van der Waals surface area contributed by atoms with Crippen molar-refractivity contribution >= 4 is 38.9 Å². The molecule has 4 nitrogen and oxygen atoms in total. The largest absolute Gasteiger partial charge is 0.310 e. The van der Waals surface area contributed by atoms with Crippen LogP contribution in [0.15, 0.2) is 194 Å². The number of rotatable bonds is 7. The molecule has 0 N–H and O–H groups in total. The van der Waals surface area contributed by atoms with E-state index < -0.39 is 0 Å². The van der Waals surface area contributed by atoms with Crippen molar-refractivity contribution in [2.75, 3.05) is 4.90 Å². The predicted octanol–water partition coefficient (Wildman–Crippen LogP) is 12.0. The molecule has 0 aliphatic carbocycles. The van der Waals surface area contributed by atoms with E-state index in [1.165, 1.54) is 10.8 Å². The molecule has 0 saturated carbocycles. The molecule has 50 heavy (non-hydrogen) atoms. The molecule has 0 aliphatic heterocycles. The monoisotopic (exact) mass is 640 g/mol. The Balaban J connectivity index is 1.20. The van der Waals surface area contributed by atoms with Crippen LogP contribution >= 0.6 is 0 Å². The molecule has 2 aromatic heterocycles. The number of fused-ring (bicyclic) bond motifs is 3. The molecule has 4 heteroatoms. The zero-order chi connectivity index (χ0) is 33.3. The van der Waals surface area contributed by atoms with Crippen molar-refractivity contribution in [1.82, 2.24) is 14.5 Å². The van der Waals surface area contributed by atoms with E-state index in [9.17, 15) is 0 Å². The molecule has 0 fully saturated rings. The summed E-state index contributed by atoms with van der Waals surface area (Å²) < 4.78 is 2.35. The van der Waals surface area contributed by atoms with Crippen molar-refractivity contribution in [3.63, 3.8) is 0 Å². The van der Waals surface area contributed by atoms with Crippen LogP contribution < -0.4 is 4.90 Å². The number of hydrogen-bond acceptors (Lipinski definition) is 3. The summed E-state index contributed by atoms with van der Waals surface area (Å²) in [6.07, 6.45) is 0. The second-order valence-electron chi connectivity index (χ2n) is 12.3. The lowest BCUT2D eigenvalue weighted by atomic mass is 10.1. The Labute approximate surface area is 291 Å². The molecular weight excluding hydrogens is 609 g/mol. The van der Waals surface area contributed by atoms with Crippen LogP contribution in [0.3, 0.4) is 0 Å². The summed E-state index contributed by atoms with van der Waals surface area (Å²) in [5.74, 6) is 0.691. The lowest BCUT2D eigenvalue weighted by Gasteiger charge is -2.25. The van der Waals surface area contributed by atoms with Crippen LogP contribution in [-0.2, 0) is 0 Å². The molecule has 236 valence electrons. The van der Waals surface area contributed by atoms with Crippen LogP contribution in [0.2, 0.25) is 0 Å².